The molecular weight excluding hydrogens is 699 g/mol. The lowest BCUT2D eigenvalue weighted by Crippen LogP contribution is -2.44. The van der Waals surface area contributed by atoms with Crippen LogP contribution in [0.5, 0.6) is 0 Å². The van der Waals surface area contributed by atoms with Crippen molar-refractivity contribution in [3.05, 3.63) is 21.8 Å². The predicted molar refractivity (Wildman–Crippen MR) is 123 cm³/mol. The van der Waals surface area contributed by atoms with E-state index < -0.39 is 29.7 Å². The van der Waals surface area contributed by atoms with Crippen molar-refractivity contribution in [2.75, 3.05) is 26.1 Å². The minimum absolute atomic E-state index is 0.0671. The second-order valence-electron chi connectivity index (χ2n) is 5.16. The fourth-order valence-electron chi connectivity index (χ4n) is 2.02. The summed E-state index contributed by atoms with van der Waals surface area (Å²) in [6.07, 6.45) is 0. The Morgan fingerprint density at radius 2 is 1.63 bits per heavy atom. The number of aromatic carboxylic acids is 1. The van der Waals surface area contributed by atoms with Gasteiger partial charge in [0.05, 0.1) is 24.0 Å². The van der Waals surface area contributed by atoms with E-state index in [9.17, 15) is 24.3 Å². The molecule has 4 N–H and O–H groups in total. The van der Waals surface area contributed by atoms with Crippen molar-refractivity contribution in [1.29, 1.82) is 0 Å². The molecule has 148 valence electrons. The molecule has 0 saturated carbocycles. The summed E-state index contributed by atoms with van der Waals surface area (Å²) in [4.78, 5) is 48.0. The molecule has 1 aromatic rings. The highest BCUT2D eigenvalue weighted by Crippen LogP contribution is 2.35. The molecule has 27 heavy (non-hydrogen) atoms. The maximum absolute atomic E-state index is 12.7. The molecule has 1 atom stereocenters. The summed E-state index contributed by atoms with van der Waals surface area (Å²) in [6.45, 7) is 1.28. The van der Waals surface area contributed by atoms with Gasteiger partial charge in [0, 0.05) is 17.7 Å². The third-order valence-electron chi connectivity index (χ3n) is 3.29. The summed E-state index contributed by atoms with van der Waals surface area (Å²) in [5.74, 6) is -2.75. The van der Waals surface area contributed by atoms with Crippen LogP contribution >= 0.6 is 67.8 Å². The molecule has 0 aliphatic heterocycles. The van der Waals surface area contributed by atoms with Crippen LogP contribution in [0.4, 0.5) is 5.69 Å². The van der Waals surface area contributed by atoms with Crippen LogP contribution in [0.25, 0.3) is 0 Å². The number of carbonyl (C=O) groups excluding carboxylic acids is 3. The number of likely N-dealkylation sites (N-methyl/N-ethyl adjacent to an activating group) is 1. The van der Waals surface area contributed by atoms with Gasteiger partial charge in [0.1, 0.15) is 12.6 Å². The van der Waals surface area contributed by atoms with Gasteiger partial charge in [0.2, 0.25) is 11.8 Å². The molecule has 0 fully saturated rings. The maximum atomic E-state index is 12.7. The van der Waals surface area contributed by atoms with E-state index >= 15 is 0 Å². The van der Waals surface area contributed by atoms with E-state index in [0.717, 1.165) is 0 Å². The van der Waals surface area contributed by atoms with Crippen molar-refractivity contribution in [1.82, 2.24) is 10.6 Å². The predicted octanol–water partition coefficient (Wildman–Crippen LogP) is 1.65. The van der Waals surface area contributed by atoms with Gasteiger partial charge in [-0.05, 0) is 74.7 Å². The van der Waals surface area contributed by atoms with Crippen LogP contribution in [-0.4, -0.2) is 55.6 Å². The van der Waals surface area contributed by atoms with Gasteiger partial charge in [-0.2, -0.15) is 0 Å². The molecular formula is C15H16I3N3O6. The fourth-order valence-corrected chi connectivity index (χ4v) is 6.41. The fraction of sp³-hybridized carbons (Fsp3) is 0.333. The Labute approximate surface area is 196 Å². The van der Waals surface area contributed by atoms with E-state index in [-0.39, 0.29) is 30.6 Å². The van der Waals surface area contributed by atoms with Gasteiger partial charge in [-0.15, -0.1) is 0 Å². The molecule has 0 bridgehead atoms. The average Bonchev–Trinajstić information content (AvgIpc) is 2.57. The van der Waals surface area contributed by atoms with Crippen LogP contribution in [-0.2, 0) is 14.3 Å². The number of carbonyl (C=O) groups is 4. The first-order chi connectivity index (χ1) is 12.6. The van der Waals surface area contributed by atoms with Gasteiger partial charge in [-0.1, -0.05) is 0 Å². The highest BCUT2D eigenvalue weighted by atomic mass is 127. The third kappa shape index (κ3) is 5.86. The number of carboxylic acid groups (broad SMARTS) is 1. The maximum Gasteiger partial charge on any atom is 0.337 e. The van der Waals surface area contributed by atoms with Crippen molar-refractivity contribution in [2.45, 2.75) is 13.0 Å². The zero-order valence-electron chi connectivity index (χ0n) is 14.4. The number of carboxylic acids is 1. The Kier molecular flexibility index (Phi) is 9.63. The molecule has 1 aromatic carbocycles. The highest BCUT2D eigenvalue weighted by Gasteiger charge is 2.29. The number of halogens is 3. The smallest absolute Gasteiger partial charge is 0.337 e. The lowest BCUT2D eigenvalue weighted by molar-refractivity contribution is -0.122. The Morgan fingerprint density at radius 3 is 2.11 bits per heavy atom. The zero-order valence-corrected chi connectivity index (χ0v) is 20.9. The summed E-state index contributed by atoms with van der Waals surface area (Å²) < 4.78 is 5.62. The number of benzene rings is 1. The quantitative estimate of drug-likeness (QED) is 0.318. The molecule has 0 radical (unpaired) electrons. The number of nitrogens with one attached hydrogen (secondary N) is 3. The van der Waals surface area contributed by atoms with Crippen molar-refractivity contribution in [2.24, 2.45) is 0 Å². The Balaban J connectivity index is 3.52. The zero-order chi connectivity index (χ0) is 20.9. The largest absolute Gasteiger partial charge is 0.478 e. The second kappa shape index (κ2) is 10.7. The van der Waals surface area contributed by atoms with E-state index in [1.54, 1.807) is 22.6 Å². The minimum Gasteiger partial charge on any atom is -0.478 e. The number of anilines is 1. The van der Waals surface area contributed by atoms with Gasteiger partial charge >= 0.3 is 5.97 Å². The number of methoxy groups -OCH3 is 1. The van der Waals surface area contributed by atoms with E-state index in [1.807, 2.05) is 45.2 Å². The summed E-state index contributed by atoms with van der Waals surface area (Å²) in [5.41, 5.74) is 0.161. The standard InChI is InChI=1S/C15H16I3N3O6/c1-5(13(23)19-2)20-14(24)7-9(16)8(15(25)26)11(18)12(10(7)17)21-6(22)4-27-3/h5H,4H2,1-3H3,(H,19,23)(H,20,24)(H,21,22)(H,25,26)/t5-/m0/s1. The summed E-state index contributed by atoms with van der Waals surface area (Å²) >= 11 is 5.45. The van der Waals surface area contributed by atoms with Crippen LogP contribution < -0.4 is 16.0 Å². The van der Waals surface area contributed by atoms with Crippen LogP contribution in [0.15, 0.2) is 0 Å². The lowest BCUT2D eigenvalue weighted by atomic mass is 10.1. The third-order valence-corrected chi connectivity index (χ3v) is 6.52. The van der Waals surface area contributed by atoms with E-state index in [4.69, 9.17) is 4.74 Å². The summed E-state index contributed by atoms with van der Waals surface area (Å²) in [5, 5.41) is 17.1. The molecule has 9 nitrogen and oxygen atoms in total. The molecule has 0 aromatic heterocycles. The Morgan fingerprint density at radius 1 is 1.07 bits per heavy atom. The topological polar surface area (TPSA) is 134 Å². The monoisotopic (exact) mass is 715 g/mol. The van der Waals surface area contributed by atoms with Crippen molar-refractivity contribution in [3.63, 3.8) is 0 Å². The van der Waals surface area contributed by atoms with Crippen LogP contribution in [0.3, 0.4) is 0 Å². The van der Waals surface area contributed by atoms with Crippen molar-refractivity contribution < 1.29 is 29.0 Å². The molecule has 3 amide bonds. The first-order valence-corrected chi connectivity index (χ1v) is 10.5. The summed E-state index contributed by atoms with van der Waals surface area (Å²) in [6, 6.07) is -0.826. The molecule has 1 rings (SSSR count). The number of hydrogen-bond acceptors (Lipinski definition) is 5. The average molecular weight is 715 g/mol. The normalized spacial score (nSPS) is 11.5. The minimum atomic E-state index is -1.24. The number of amides is 3. The van der Waals surface area contributed by atoms with E-state index in [1.165, 1.54) is 21.1 Å². The van der Waals surface area contributed by atoms with E-state index in [2.05, 4.69) is 16.0 Å². The molecule has 0 spiro atoms. The van der Waals surface area contributed by atoms with Crippen LogP contribution in [0, 0.1) is 10.7 Å². The van der Waals surface area contributed by atoms with Crippen LogP contribution in [0.1, 0.15) is 27.6 Å². The molecule has 0 aliphatic carbocycles. The Hall–Kier alpha value is -0.750. The molecule has 0 unspecified atom stereocenters. The molecule has 0 saturated heterocycles. The highest BCUT2D eigenvalue weighted by molar-refractivity contribution is 14.1. The van der Waals surface area contributed by atoms with E-state index in [0.29, 0.717) is 3.57 Å². The van der Waals surface area contributed by atoms with Gasteiger partial charge in [0.15, 0.2) is 0 Å². The molecule has 0 aliphatic rings. The number of rotatable bonds is 7. The molecule has 0 heterocycles. The lowest BCUT2D eigenvalue weighted by Gasteiger charge is -2.19. The number of hydrogen-bond donors (Lipinski definition) is 4. The van der Waals surface area contributed by atoms with Gasteiger partial charge in [-0.25, -0.2) is 4.79 Å². The van der Waals surface area contributed by atoms with Gasteiger partial charge in [0.25, 0.3) is 5.91 Å². The SMILES string of the molecule is CNC(=O)[C@H](C)NC(=O)c1c(I)c(NC(=O)COC)c(I)c(C(=O)O)c1I. The first-order valence-electron chi connectivity index (χ1n) is 7.31. The summed E-state index contributed by atoms with van der Waals surface area (Å²) in [7, 11) is 2.79. The molecule has 12 heteroatoms. The van der Waals surface area contributed by atoms with Crippen molar-refractivity contribution >= 4 is 97.2 Å². The van der Waals surface area contributed by atoms with Gasteiger partial charge < -0.3 is 25.8 Å². The van der Waals surface area contributed by atoms with Gasteiger partial charge in [-0.3, -0.25) is 14.4 Å². The van der Waals surface area contributed by atoms with Crippen molar-refractivity contribution in [3.8, 4) is 0 Å². The number of ether oxygens (including phenoxy) is 1. The first kappa shape index (κ1) is 24.3. The van der Waals surface area contributed by atoms with Crippen LogP contribution in [0.2, 0.25) is 0 Å². The second-order valence-corrected chi connectivity index (χ2v) is 8.40. The Bertz CT molecular complexity index is 800.